The summed E-state index contributed by atoms with van der Waals surface area (Å²) in [5.74, 6) is 0. The number of pyridine rings is 1. The van der Waals surface area contributed by atoms with Crippen molar-refractivity contribution in [3.63, 3.8) is 0 Å². The summed E-state index contributed by atoms with van der Waals surface area (Å²) in [6.45, 7) is 0. The van der Waals surface area contributed by atoms with Gasteiger partial charge in [0.25, 0.3) is 0 Å². The van der Waals surface area contributed by atoms with Crippen LogP contribution < -0.4 is 5.10 Å². The Kier molecular flexibility index (Phi) is 6.12. The van der Waals surface area contributed by atoms with Gasteiger partial charge in [-0.15, -0.1) is 0 Å². The molecule has 0 saturated carbocycles. The second kappa shape index (κ2) is 7.12. The molecule has 0 spiro atoms. The molecule has 2 rings (SSSR count). The predicted octanol–water partition coefficient (Wildman–Crippen LogP) is 3.50. The number of aromatic nitrogens is 3. The van der Waals surface area contributed by atoms with E-state index in [1.165, 1.54) is 6.20 Å². The topological polar surface area (TPSA) is 39.9 Å². The van der Waals surface area contributed by atoms with Crippen molar-refractivity contribution in [2.75, 3.05) is 0 Å². The van der Waals surface area contributed by atoms with Gasteiger partial charge in [0.15, 0.2) is 0 Å². The zero-order chi connectivity index (χ0) is 13.6. The van der Waals surface area contributed by atoms with Crippen molar-refractivity contribution in [2.24, 2.45) is 0 Å². The Balaban J connectivity index is 0.000000492. The third-order valence-corrected chi connectivity index (χ3v) is 1.76. The predicted molar refractivity (Wildman–Crippen MR) is 57.5 cm³/mol. The molecule has 3 nitrogen and oxygen atoms in total. The van der Waals surface area contributed by atoms with E-state index in [4.69, 9.17) is 18.8 Å². The second-order valence-corrected chi connectivity index (χ2v) is 6.16. The van der Waals surface area contributed by atoms with E-state index in [1.54, 1.807) is 18.2 Å². The van der Waals surface area contributed by atoms with Gasteiger partial charge < -0.3 is 10.2 Å². The summed E-state index contributed by atoms with van der Waals surface area (Å²) in [6, 6.07) is 5.79. The monoisotopic (exact) mass is 477 g/mol. The van der Waals surface area contributed by atoms with E-state index in [2.05, 4.69) is 15.2 Å². The van der Waals surface area contributed by atoms with Crippen molar-refractivity contribution in [1.29, 1.82) is 0 Å². The van der Waals surface area contributed by atoms with Crippen molar-refractivity contribution in [3.05, 3.63) is 36.2 Å². The summed E-state index contributed by atoms with van der Waals surface area (Å²) in [7, 11) is 9.75. The van der Waals surface area contributed by atoms with E-state index >= 15 is 0 Å². The molecule has 9 heteroatoms. The summed E-state index contributed by atoms with van der Waals surface area (Å²) in [6.07, 6.45) is -2.97. The van der Waals surface area contributed by atoms with E-state index in [-0.39, 0.29) is 5.69 Å². The van der Waals surface area contributed by atoms with Gasteiger partial charge >= 0.3 is 41.5 Å². The van der Waals surface area contributed by atoms with Crippen molar-refractivity contribution in [1.82, 2.24) is 15.2 Å². The molecule has 0 saturated heterocycles. The van der Waals surface area contributed by atoms with Crippen LogP contribution in [0.1, 0.15) is 5.69 Å². The molecule has 102 valence electrons. The van der Waals surface area contributed by atoms with Gasteiger partial charge in [-0.25, -0.2) is 0 Å². The fraction of sp³-hybridized carbons (Fsp3) is 0.111. The van der Waals surface area contributed by atoms with Gasteiger partial charge in [0.2, 0.25) is 0 Å². The van der Waals surface area contributed by atoms with E-state index < -0.39 is 28.4 Å². The first kappa shape index (κ1) is 15.5. The van der Waals surface area contributed by atoms with Gasteiger partial charge in [0, 0.05) is 11.9 Å². The minimum absolute atomic E-state index is 0.128. The zero-order valence-corrected chi connectivity index (χ0v) is 12.2. The van der Waals surface area contributed by atoms with E-state index in [0.717, 1.165) is 6.07 Å². The molecule has 2 aromatic heterocycles. The first-order chi connectivity index (χ1) is 8.49. The van der Waals surface area contributed by atoms with Crippen LogP contribution in [0.2, 0.25) is 0 Å². The molecule has 0 aliphatic rings. The average Bonchev–Trinajstić information content (AvgIpc) is 2.80. The Morgan fingerprint density at radius 3 is 2.33 bits per heavy atom. The Morgan fingerprint density at radius 1 is 1.22 bits per heavy atom. The quantitative estimate of drug-likeness (QED) is 0.631. The Morgan fingerprint density at radius 2 is 1.89 bits per heavy atom. The molecule has 0 aromatic carbocycles. The third-order valence-electron chi connectivity index (χ3n) is 1.76. The van der Waals surface area contributed by atoms with E-state index in [9.17, 15) is 13.2 Å². The summed E-state index contributed by atoms with van der Waals surface area (Å²) >= 11 is -0.472. The maximum absolute atomic E-state index is 12.2. The molecule has 0 atom stereocenters. The molecule has 0 N–H and O–H groups in total. The molecule has 0 bridgehead atoms. The van der Waals surface area contributed by atoms with Crippen LogP contribution in [0.15, 0.2) is 30.5 Å². The van der Waals surface area contributed by atoms with Gasteiger partial charge in [0.1, 0.15) is 5.69 Å². The van der Waals surface area contributed by atoms with E-state index in [0.29, 0.717) is 5.69 Å². The van der Waals surface area contributed by atoms with Gasteiger partial charge in [-0.2, -0.15) is 13.2 Å². The van der Waals surface area contributed by atoms with Crippen molar-refractivity contribution in [2.45, 2.75) is 6.18 Å². The van der Waals surface area contributed by atoms with Crippen LogP contribution in [0.5, 0.6) is 0 Å². The minimum atomic E-state index is -4.46. The number of nitrogens with zero attached hydrogens (tertiary/aromatic N) is 3. The van der Waals surface area contributed by atoms with Gasteiger partial charge in [-0.1, -0.05) is 11.8 Å². The van der Waals surface area contributed by atoms with Crippen LogP contribution in [0.3, 0.4) is 0 Å². The zero-order valence-electron chi connectivity index (χ0n) is 8.43. The molecule has 0 aliphatic carbocycles. The standard InChI is InChI=1S/C9H5F3N3.2ClH.Pt/c10-9(11,12)8-5-7(14-15-8)6-3-1-2-4-13-6;;;/h1-5H;2*1H;/q-1;;;+2/p-2. The first-order valence-corrected chi connectivity index (χ1v) is 9.93. The summed E-state index contributed by atoms with van der Waals surface area (Å²) in [5, 5.41) is 6.47. The first-order valence-electron chi connectivity index (χ1n) is 4.30. The number of hydrogen-bond donors (Lipinski definition) is 0. The molecule has 0 amide bonds. The van der Waals surface area contributed by atoms with Crippen molar-refractivity contribution in [3.8, 4) is 11.4 Å². The van der Waals surface area contributed by atoms with Gasteiger partial charge in [-0.05, 0) is 18.2 Å². The average molecular weight is 478 g/mol. The summed E-state index contributed by atoms with van der Waals surface area (Å²) < 4.78 is 36.6. The molecular formula is C9H5Cl2F3N3Pt-. The third kappa shape index (κ3) is 4.59. The van der Waals surface area contributed by atoms with Crippen LogP contribution in [-0.2, 0) is 22.7 Å². The number of hydrogen-bond acceptors (Lipinski definition) is 2. The van der Waals surface area contributed by atoms with Crippen molar-refractivity contribution < 1.29 is 29.7 Å². The summed E-state index contributed by atoms with van der Waals surface area (Å²) in [5.41, 5.74) is -0.494. The fourth-order valence-electron chi connectivity index (χ4n) is 1.07. The van der Waals surface area contributed by atoms with Gasteiger partial charge in [-0.3, -0.25) is 4.98 Å². The van der Waals surface area contributed by atoms with Crippen LogP contribution >= 0.6 is 18.8 Å². The molecule has 0 fully saturated rings. The Labute approximate surface area is 117 Å². The molecule has 0 radical (unpaired) electrons. The SMILES string of the molecule is FC(F)(F)c1cc(-c2ccccn2)[n-]n1.[Cl][Pt][Cl]. The number of alkyl halides is 3. The maximum atomic E-state index is 12.2. The van der Waals surface area contributed by atoms with Gasteiger partial charge in [0.05, 0.1) is 0 Å². The molecule has 0 aliphatic heterocycles. The molecule has 2 aromatic rings. The van der Waals surface area contributed by atoms with Crippen LogP contribution in [0.25, 0.3) is 11.4 Å². The van der Waals surface area contributed by atoms with Crippen LogP contribution in [0.4, 0.5) is 13.2 Å². The number of rotatable bonds is 1. The van der Waals surface area contributed by atoms with Crippen molar-refractivity contribution >= 4 is 18.8 Å². The Bertz CT molecular complexity index is 475. The fourth-order valence-corrected chi connectivity index (χ4v) is 1.07. The Hall–Kier alpha value is -0.582. The summed E-state index contributed by atoms with van der Waals surface area (Å²) in [4.78, 5) is 3.87. The molecule has 18 heavy (non-hydrogen) atoms. The van der Waals surface area contributed by atoms with Crippen LogP contribution in [0, 0.1) is 0 Å². The second-order valence-electron chi connectivity index (χ2n) is 2.87. The van der Waals surface area contributed by atoms with Crippen LogP contribution in [-0.4, -0.2) is 10.1 Å². The number of halogens is 5. The molecular weight excluding hydrogens is 473 g/mol. The molecule has 0 unspecified atom stereocenters. The molecule has 2 heterocycles. The normalized spacial score (nSPS) is 10.9. The van der Waals surface area contributed by atoms with E-state index in [1.807, 2.05) is 0 Å².